The number of aryl methyl sites for hydroxylation is 1. The number of carbonyl (C=O) groups is 1. The molecule has 6 rings (SSSR count). The molecule has 0 aliphatic carbocycles. The van der Waals surface area contributed by atoms with Crippen LogP contribution in [0.1, 0.15) is 38.3 Å². The van der Waals surface area contributed by atoms with Gasteiger partial charge in [0.1, 0.15) is 5.75 Å². The molecule has 1 saturated heterocycles. The molecule has 0 radical (unpaired) electrons. The number of likely N-dealkylation sites (N-methyl/N-ethyl adjacent to an activating group) is 1. The summed E-state index contributed by atoms with van der Waals surface area (Å²) in [5.41, 5.74) is 6.47. The van der Waals surface area contributed by atoms with Crippen LogP contribution in [-0.2, 0) is 19.5 Å². The lowest BCUT2D eigenvalue weighted by Crippen LogP contribution is -2.43. The molecule has 2 aliphatic rings. The average Bonchev–Trinajstić information content (AvgIpc) is 3.45. The van der Waals surface area contributed by atoms with E-state index in [0.717, 1.165) is 66.2 Å². The number of hydrogen-bond acceptors (Lipinski definition) is 8. The van der Waals surface area contributed by atoms with Gasteiger partial charge in [-0.3, -0.25) is 19.7 Å². The molecule has 2 aromatic heterocycles. The van der Waals surface area contributed by atoms with E-state index in [-0.39, 0.29) is 5.78 Å². The van der Waals surface area contributed by atoms with Crippen molar-refractivity contribution in [3.05, 3.63) is 101 Å². The van der Waals surface area contributed by atoms with Crippen molar-refractivity contribution in [2.75, 3.05) is 33.2 Å². The van der Waals surface area contributed by atoms with Crippen LogP contribution in [0.25, 0.3) is 11.4 Å². The van der Waals surface area contributed by atoms with Crippen LogP contribution in [0.2, 0.25) is 0 Å². The molecule has 0 spiro atoms. The first kappa shape index (κ1) is 26.0. The molecule has 0 amide bonds. The lowest BCUT2D eigenvalue weighted by atomic mass is 9.98. The number of ketones is 1. The molecule has 0 saturated carbocycles. The summed E-state index contributed by atoms with van der Waals surface area (Å²) in [5, 5.41) is 0. The fourth-order valence-electron chi connectivity index (χ4n) is 5.08. The van der Waals surface area contributed by atoms with Crippen molar-refractivity contribution in [2.24, 2.45) is 4.99 Å². The quantitative estimate of drug-likeness (QED) is 0.303. The molecule has 1 fully saturated rings. The molecule has 2 aromatic carbocycles. The minimum Gasteiger partial charge on any atom is -0.438 e. The van der Waals surface area contributed by atoms with Crippen molar-refractivity contribution in [3.8, 4) is 23.0 Å². The van der Waals surface area contributed by atoms with Gasteiger partial charge in [0, 0.05) is 68.9 Å². The number of pyridine rings is 1. The summed E-state index contributed by atoms with van der Waals surface area (Å²) in [6.07, 6.45) is 5.49. The van der Waals surface area contributed by atoms with Gasteiger partial charge >= 0.3 is 0 Å². The summed E-state index contributed by atoms with van der Waals surface area (Å²) in [7, 11) is 2.17. The third-order valence-electron chi connectivity index (χ3n) is 7.50. The van der Waals surface area contributed by atoms with Crippen molar-refractivity contribution in [2.45, 2.75) is 26.4 Å². The Balaban J connectivity index is 1.16. The van der Waals surface area contributed by atoms with Gasteiger partial charge in [-0.05, 0) is 61.0 Å². The smallest absolute Gasteiger partial charge is 0.232 e. The van der Waals surface area contributed by atoms with Gasteiger partial charge in [-0.25, -0.2) is 4.98 Å². The second kappa shape index (κ2) is 11.5. The second-order valence-electron chi connectivity index (χ2n) is 10.5. The Labute approximate surface area is 234 Å². The number of aliphatic imine (C=N–C) groups is 1. The molecule has 2 aliphatic heterocycles. The van der Waals surface area contributed by atoms with Crippen molar-refractivity contribution in [1.82, 2.24) is 24.8 Å². The van der Waals surface area contributed by atoms with Gasteiger partial charge in [-0.1, -0.05) is 24.3 Å². The van der Waals surface area contributed by atoms with Gasteiger partial charge in [0.05, 0.1) is 17.8 Å². The Hall–Kier alpha value is -4.27. The molecule has 40 heavy (non-hydrogen) atoms. The van der Waals surface area contributed by atoms with E-state index in [0.29, 0.717) is 30.4 Å². The number of aromatic nitrogens is 3. The maximum atomic E-state index is 13.2. The van der Waals surface area contributed by atoms with Gasteiger partial charge in [0.2, 0.25) is 5.88 Å². The first-order valence-corrected chi connectivity index (χ1v) is 13.6. The van der Waals surface area contributed by atoms with E-state index in [1.165, 1.54) is 5.56 Å². The van der Waals surface area contributed by atoms with Gasteiger partial charge in [0.25, 0.3) is 0 Å². The summed E-state index contributed by atoms with van der Waals surface area (Å²) in [5.74, 6) is 1.69. The van der Waals surface area contributed by atoms with Crippen LogP contribution in [0, 0.1) is 6.92 Å². The zero-order valence-corrected chi connectivity index (χ0v) is 22.9. The minimum absolute atomic E-state index is 0.0836. The van der Waals surface area contributed by atoms with Crippen molar-refractivity contribution >= 4 is 12.0 Å². The van der Waals surface area contributed by atoms with E-state index in [1.807, 2.05) is 48.5 Å². The van der Waals surface area contributed by atoms with Gasteiger partial charge < -0.3 is 9.64 Å². The van der Waals surface area contributed by atoms with Crippen LogP contribution in [0.15, 0.2) is 72.0 Å². The Morgan fingerprint density at radius 1 is 1.00 bits per heavy atom. The van der Waals surface area contributed by atoms with Gasteiger partial charge in [0.15, 0.2) is 11.6 Å². The molecular weight excluding hydrogens is 500 g/mol. The lowest BCUT2D eigenvalue weighted by molar-refractivity contribution is 0.0993. The summed E-state index contributed by atoms with van der Waals surface area (Å²) in [6, 6.07) is 17.5. The highest BCUT2D eigenvalue weighted by Gasteiger charge is 2.20. The summed E-state index contributed by atoms with van der Waals surface area (Å²) < 4.78 is 6.24. The zero-order valence-electron chi connectivity index (χ0n) is 22.9. The number of ether oxygens (including phenoxy) is 1. The Kier molecular flexibility index (Phi) is 7.44. The normalized spacial score (nSPS) is 15.2. The predicted molar refractivity (Wildman–Crippen MR) is 155 cm³/mol. The Morgan fingerprint density at radius 2 is 1.88 bits per heavy atom. The highest BCUT2D eigenvalue weighted by atomic mass is 16.5. The third-order valence-corrected chi connectivity index (χ3v) is 7.50. The van der Waals surface area contributed by atoms with E-state index >= 15 is 0 Å². The number of fused-ring (bicyclic) bond motifs is 1. The summed E-state index contributed by atoms with van der Waals surface area (Å²) in [6.45, 7) is 7.85. The van der Waals surface area contributed by atoms with Crippen molar-refractivity contribution in [1.29, 1.82) is 0 Å². The van der Waals surface area contributed by atoms with Crippen LogP contribution in [0.5, 0.6) is 11.6 Å². The number of hydrogen-bond donors (Lipinski definition) is 0. The van der Waals surface area contributed by atoms with Crippen LogP contribution in [-0.4, -0.2) is 70.0 Å². The van der Waals surface area contributed by atoms with Crippen molar-refractivity contribution in [3.63, 3.8) is 0 Å². The number of nitrogens with zero attached hydrogens (tertiary/aromatic N) is 6. The van der Waals surface area contributed by atoms with Crippen LogP contribution >= 0.6 is 0 Å². The number of carbonyl (C=O) groups excluding carboxylic acids is 1. The molecule has 0 N–H and O–H groups in total. The molecule has 4 heterocycles. The highest BCUT2D eigenvalue weighted by Crippen LogP contribution is 2.30. The maximum absolute atomic E-state index is 13.2. The maximum Gasteiger partial charge on any atom is 0.232 e. The molecule has 8 heteroatoms. The summed E-state index contributed by atoms with van der Waals surface area (Å²) >= 11 is 0. The predicted octanol–water partition coefficient (Wildman–Crippen LogP) is 4.74. The van der Waals surface area contributed by atoms with E-state index < -0.39 is 0 Å². The molecule has 0 bridgehead atoms. The van der Waals surface area contributed by atoms with Crippen LogP contribution in [0.4, 0.5) is 0 Å². The van der Waals surface area contributed by atoms with Gasteiger partial charge in [-0.2, -0.15) is 4.98 Å². The second-order valence-corrected chi connectivity index (χ2v) is 10.5. The van der Waals surface area contributed by atoms with E-state index in [1.54, 1.807) is 18.6 Å². The number of Topliss-reactive ketones (excluding diaryl/α,β-unsaturated/α-hetero) is 1. The third kappa shape index (κ3) is 5.83. The molecule has 4 aromatic rings. The first-order valence-electron chi connectivity index (χ1n) is 13.6. The monoisotopic (exact) mass is 532 g/mol. The number of benzene rings is 2. The van der Waals surface area contributed by atoms with Crippen molar-refractivity contribution < 1.29 is 9.53 Å². The first-order chi connectivity index (χ1) is 19.5. The average molecular weight is 533 g/mol. The van der Waals surface area contributed by atoms with E-state index in [2.05, 4.69) is 49.8 Å². The van der Waals surface area contributed by atoms with Crippen LogP contribution < -0.4 is 4.74 Å². The van der Waals surface area contributed by atoms with E-state index in [4.69, 9.17) is 4.74 Å². The molecule has 0 unspecified atom stereocenters. The minimum atomic E-state index is 0.0836. The Bertz CT molecular complexity index is 1560. The fraction of sp³-hybridized carbons (Fsp3) is 0.281. The molecule has 202 valence electrons. The van der Waals surface area contributed by atoms with Crippen LogP contribution in [0.3, 0.4) is 0 Å². The molecule has 8 nitrogen and oxygen atoms in total. The molecular formula is C32H32N6O2. The topological polar surface area (TPSA) is 83.8 Å². The molecule has 0 atom stereocenters. The summed E-state index contributed by atoms with van der Waals surface area (Å²) in [4.78, 5) is 35.9. The highest BCUT2D eigenvalue weighted by molar-refractivity contribution is 5.97. The largest absolute Gasteiger partial charge is 0.438 e. The fourth-order valence-corrected chi connectivity index (χ4v) is 5.08. The SMILES string of the molecule is Cc1cc(C(=O)Cc2cccc(Oc3nc(-c4cccnc4)nc4c3C=NC4)c2)ccc1CN1CCN(C)CC1. The van der Waals surface area contributed by atoms with E-state index in [9.17, 15) is 4.79 Å². The van der Waals surface area contributed by atoms with Gasteiger partial charge in [-0.15, -0.1) is 0 Å². The zero-order chi connectivity index (χ0) is 27.5. The number of rotatable bonds is 8. The lowest BCUT2D eigenvalue weighted by Gasteiger charge is -2.32. The number of piperazine rings is 1. The Morgan fingerprint density at radius 3 is 2.67 bits per heavy atom. The standard InChI is InChI=1S/C32H32N6O2/c1-22-15-24(8-9-26(22)21-38-13-11-37(2)12-14-38)30(39)17-23-5-3-7-27(16-23)40-32-28-19-34-20-29(28)35-31(36-32)25-6-4-10-33-18-25/h3-10,15-16,18-19H,11-14,17,20-21H2,1-2H3.